The van der Waals surface area contributed by atoms with Crippen molar-refractivity contribution >= 4 is 29.3 Å². The average molecular weight is 373 g/mol. The average Bonchev–Trinajstić information content (AvgIpc) is 2.68. The third-order valence-corrected chi connectivity index (χ3v) is 4.73. The lowest BCUT2D eigenvalue weighted by molar-refractivity contribution is -0.00758. The molecule has 0 saturated carbocycles. The predicted octanol–water partition coefficient (Wildman–Crippen LogP) is 4.70. The Bertz CT molecular complexity index is 599. The van der Waals surface area contributed by atoms with Crippen LogP contribution >= 0.6 is 23.2 Å². The Balaban J connectivity index is 1.65. The largest absolute Gasteiger partial charge is 0.474 e. The summed E-state index contributed by atoms with van der Waals surface area (Å²) in [5, 5.41) is 0.811. The molecule has 1 aromatic rings. The van der Waals surface area contributed by atoms with Gasteiger partial charge < -0.3 is 14.4 Å². The summed E-state index contributed by atoms with van der Waals surface area (Å²) in [7, 11) is 0. The fraction of sp³-hybridized carbons (Fsp3) is 0.647. The smallest absolute Gasteiger partial charge is 0.410 e. The van der Waals surface area contributed by atoms with Crippen LogP contribution in [0.15, 0.2) is 12.1 Å². The second-order valence-electron chi connectivity index (χ2n) is 7.43. The number of carbonyl (C=O) groups is 1. The molecule has 3 heterocycles. The number of carbonyl (C=O) groups excluding carboxylic acids is 1. The highest BCUT2D eigenvalue weighted by Gasteiger charge is 2.45. The second kappa shape index (κ2) is 6.60. The van der Waals surface area contributed by atoms with Crippen molar-refractivity contribution in [2.75, 3.05) is 0 Å². The summed E-state index contributed by atoms with van der Waals surface area (Å²) in [5.74, 6) is 0.433. The molecular formula is C17H22Cl2N2O3. The molecule has 1 aromatic heterocycles. The standard InChI is InChI=1S/C17H22Cl2N2O3/c1-17(2,3)24-16(22)21-11-4-5-12(21)9-13(8-11)23-15-7-10(18)6-14(19)20-15/h6-7,11-13H,4-5,8-9H2,1-3H3/t11-,12+,13-. The van der Waals surface area contributed by atoms with Crippen molar-refractivity contribution in [2.45, 2.75) is 70.2 Å². The van der Waals surface area contributed by atoms with Crippen LogP contribution in [0.1, 0.15) is 46.5 Å². The third kappa shape index (κ3) is 4.06. The van der Waals surface area contributed by atoms with Crippen LogP contribution in [0.3, 0.4) is 0 Å². The van der Waals surface area contributed by atoms with Crippen LogP contribution in [0.2, 0.25) is 10.2 Å². The van der Waals surface area contributed by atoms with Crippen LogP contribution in [0.5, 0.6) is 5.88 Å². The van der Waals surface area contributed by atoms with E-state index in [1.807, 2.05) is 25.7 Å². The monoisotopic (exact) mass is 372 g/mol. The van der Waals surface area contributed by atoms with E-state index in [2.05, 4.69) is 4.98 Å². The number of nitrogens with zero attached hydrogens (tertiary/aromatic N) is 2. The molecule has 24 heavy (non-hydrogen) atoms. The van der Waals surface area contributed by atoms with Gasteiger partial charge in [-0.3, -0.25) is 0 Å². The number of piperidine rings is 1. The van der Waals surface area contributed by atoms with Gasteiger partial charge in [-0.1, -0.05) is 23.2 Å². The molecule has 1 amide bonds. The number of ether oxygens (including phenoxy) is 2. The fourth-order valence-corrected chi connectivity index (χ4v) is 3.96. The van der Waals surface area contributed by atoms with Crippen molar-refractivity contribution < 1.29 is 14.3 Å². The van der Waals surface area contributed by atoms with Gasteiger partial charge in [0.05, 0.1) is 0 Å². The van der Waals surface area contributed by atoms with E-state index in [0.717, 1.165) is 25.7 Å². The van der Waals surface area contributed by atoms with E-state index in [0.29, 0.717) is 16.1 Å². The van der Waals surface area contributed by atoms with E-state index in [4.69, 9.17) is 32.7 Å². The van der Waals surface area contributed by atoms with Crippen molar-refractivity contribution in [3.05, 3.63) is 22.3 Å². The summed E-state index contributed by atoms with van der Waals surface area (Å²) in [6, 6.07) is 3.54. The second-order valence-corrected chi connectivity index (χ2v) is 8.25. The lowest BCUT2D eigenvalue weighted by Gasteiger charge is -2.39. The number of fused-ring (bicyclic) bond motifs is 2. The lowest BCUT2D eigenvalue weighted by Crippen LogP contribution is -2.50. The summed E-state index contributed by atoms with van der Waals surface area (Å²) in [6.07, 6.45) is 3.27. The van der Waals surface area contributed by atoms with Crippen LogP contribution in [0, 0.1) is 0 Å². The first-order valence-electron chi connectivity index (χ1n) is 8.22. The molecule has 0 radical (unpaired) electrons. The third-order valence-electron chi connectivity index (χ3n) is 4.32. The van der Waals surface area contributed by atoms with E-state index in [-0.39, 0.29) is 24.3 Å². The topological polar surface area (TPSA) is 51.7 Å². The number of halogens is 2. The number of hydrogen-bond donors (Lipinski definition) is 0. The van der Waals surface area contributed by atoms with Crippen LogP contribution in [0.25, 0.3) is 0 Å². The van der Waals surface area contributed by atoms with Gasteiger partial charge in [-0.25, -0.2) is 9.78 Å². The number of pyridine rings is 1. The van der Waals surface area contributed by atoms with Gasteiger partial charge >= 0.3 is 6.09 Å². The van der Waals surface area contributed by atoms with Gasteiger partial charge in [-0.15, -0.1) is 0 Å². The molecule has 7 heteroatoms. The van der Waals surface area contributed by atoms with Gasteiger partial charge in [0.25, 0.3) is 0 Å². The highest BCUT2D eigenvalue weighted by atomic mass is 35.5. The summed E-state index contributed by atoms with van der Waals surface area (Å²) in [6.45, 7) is 5.66. The number of hydrogen-bond acceptors (Lipinski definition) is 4. The highest BCUT2D eigenvalue weighted by Crippen LogP contribution is 2.38. The molecule has 2 aliphatic heterocycles. The lowest BCUT2D eigenvalue weighted by atomic mass is 10.0. The first kappa shape index (κ1) is 17.6. The van der Waals surface area contributed by atoms with Crippen molar-refractivity contribution in [2.24, 2.45) is 0 Å². The molecular weight excluding hydrogens is 351 g/mol. The van der Waals surface area contributed by atoms with Crippen LogP contribution < -0.4 is 4.74 Å². The minimum atomic E-state index is -0.481. The minimum Gasteiger partial charge on any atom is -0.474 e. The molecule has 0 aromatic carbocycles. The molecule has 2 aliphatic rings. The zero-order chi connectivity index (χ0) is 17.5. The SMILES string of the molecule is CC(C)(C)OC(=O)N1[C@@H]2CC[C@H]1C[C@H](Oc1cc(Cl)cc(Cl)n1)C2. The van der Waals surface area contributed by atoms with Gasteiger partial charge in [-0.2, -0.15) is 0 Å². The normalized spacial score (nSPS) is 26.4. The van der Waals surface area contributed by atoms with E-state index in [1.54, 1.807) is 12.1 Å². The Morgan fingerprint density at radius 3 is 2.38 bits per heavy atom. The van der Waals surface area contributed by atoms with Crippen molar-refractivity contribution in [3.8, 4) is 5.88 Å². The zero-order valence-electron chi connectivity index (χ0n) is 14.1. The van der Waals surface area contributed by atoms with Crippen LogP contribution in [0.4, 0.5) is 4.79 Å². The molecule has 0 aliphatic carbocycles. The van der Waals surface area contributed by atoms with Gasteiger partial charge in [0.2, 0.25) is 5.88 Å². The highest BCUT2D eigenvalue weighted by molar-refractivity contribution is 6.34. The van der Waals surface area contributed by atoms with Gasteiger partial charge in [0.15, 0.2) is 0 Å². The van der Waals surface area contributed by atoms with Gasteiger partial charge in [0, 0.05) is 36.0 Å². The number of aromatic nitrogens is 1. The molecule has 132 valence electrons. The zero-order valence-corrected chi connectivity index (χ0v) is 15.6. The van der Waals surface area contributed by atoms with Gasteiger partial charge in [0.1, 0.15) is 16.9 Å². The molecule has 3 rings (SSSR count). The Morgan fingerprint density at radius 2 is 1.83 bits per heavy atom. The number of amides is 1. The maximum Gasteiger partial charge on any atom is 0.410 e. The summed E-state index contributed by atoms with van der Waals surface area (Å²) in [5.41, 5.74) is -0.481. The van der Waals surface area contributed by atoms with E-state index in [9.17, 15) is 4.79 Å². The maximum absolute atomic E-state index is 12.4. The fourth-order valence-electron chi connectivity index (χ4n) is 3.51. The predicted molar refractivity (Wildman–Crippen MR) is 92.8 cm³/mol. The Morgan fingerprint density at radius 1 is 1.21 bits per heavy atom. The van der Waals surface area contributed by atoms with Crippen LogP contribution in [-0.2, 0) is 4.74 Å². The molecule has 5 nitrogen and oxygen atoms in total. The quantitative estimate of drug-likeness (QED) is 0.706. The first-order valence-corrected chi connectivity index (χ1v) is 8.98. The molecule has 3 atom stereocenters. The number of rotatable bonds is 2. The Hall–Kier alpha value is -1.20. The molecule has 0 spiro atoms. The van der Waals surface area contributed by atoms with E-state index in [1.165, 1.54) is 0 Å². The minimum absolute atomic E-state index is 0.00298. The van der Waals surface area contributed by atoms with Crippen molar-refractivity contribution in [3.63, 3.8) is 0 Å². The Kier molecular flexibility index (Phi) is 4.85. The molecule has 2 fully saturated rings. The maximum atomic E-state index is 12.4. The van der Waals surface area contributed by atoms with Crippen LogP contribution in [-0.4, -0.2) is 39.8 Å². The van der Waals surface area contributed by atoms with Gasteiger partial charge in [-0.05, 0) is 39.7 Å². The molecule has 0 unspecified atom stereocenters. The molecule has 2 bridgehead atoms. The summed E-state index contributed by atoms with van der Waals surface area (Å²) < 4.78 is 11.5. The summed E-state index contributed by atoms with van der Waals surface area (Å²) in [4.78, 5) is 18.5. The van der Waals surface area contributed by atoms with Crippen molar-refractivity contribution in [1.82, 2.24) is 9.88 Å². The first-order chi connectivity index (χ1) is 11.2. The van der Waals surface area contributed by atoms with Crippen molar-refractivity contribution in [1.29, 1.82) is 0 Å². The molecule has 2 saturated heterocycles. The van der Waals surface area contributed by atoms with E-state index < -0.39 is 5.60 Å². The summed E-state index contributed by atoms with van der Waals surface area (Å²) >= 11 is 11.9. The molecule has 0 N–H and O–H groups in total. The Labute approximate surface area is 152 Å². The van der Waals surface area contributed by atoms with E-state index >= 15 is 0 Å².